The second-order valence-corrected chi connectivity index (χ2v) is 22.2. The van der Waals surface area contributed by atoms with Crippen LogP contribution in [0.25, 0.3) is 0 Å². The van der Waals surface area contributed by atoms with Crippen molar-refractivity contribution in [1.82, 2.24) is 0 Å². The summed E-state index contributed by atoms with van der Waals surface area (Å²) >= 11 is 0. The van der Waals surface area contributed by atoms with Crippen LogP contribution in [-0.4, -0.2) is 0 Å². The number of fused-ring (bicyclic) bond motifs is 12. The van der Waals surface area contributed by atoms with Crippen molar-refractivity contribution < 1.29 is 0 Å². The molecule has 0 spiro atoms. The molecule has 8 atom stereocenters. The van der Waals surface area contributed by atoms with Gasteiger partial charge < -0.3 is 0 Å². The highest BCUT2D eigenvalue weighted by atomic mass is 15.2. The van der Waals surface area contributed by atoms with Gasteiger partial charge >= 0.3 is 0 Å². The maximum atomic E-state index is 2.87. The molecule has 0 bridgehead atoms. The lowest BCUT2D eigenvalue weighted by atomic mass is 8.90. The summed E-state index contributed by atoms with van der Waals surface area (Å²) in [6.07, 6.45) is 0. The monoisotopic (exact) mass is 547 g/mol. The quantitative estimate of drug-likeness (QED) is 0.265. The molecule has 0 nitrogen and oxygen atoms in total. The highest BCUT2D eigenvalue weighted by molar-refractivity contribution is 5.66. The third-order valence-corrected chi connectivity index (χ3v) is 27.0. The van der Waals surface area contributed by atoms with E-state index in [-0.39, 0.29) is 97.5 Å². The molecule has 0 radical (unpaired) electrons. The molecule has 40 heavy (non-hydrogen) atoms. The van der Waals surface area contributed by atoms with E-state index in [9.17, 15) is 0 Å². The lowest BCUT2D eigenvalue weighted by Gasteiger charge is -3.13. The molecular formula is C40H66. The average Bonchev–Trinajstić information content (AvgIpc) is 2.88. The van der Waals surface area contributed by atoms with Crippen molar-refractivity contribution in [2.75, 3.05) is 0 Å². The zero-order chi connectivity index (χ0) is 31.0. The molecule has 7 aliphatic carbocycles. The molecule has 0 amide bonds. The molecule has 8 unspecified atom stereocenters. The van der Waals surface area contributed by atoms with Gasteiger partial charge in [0.15, 0.2) is 0 Å². The van der Waals surface area contributed by atoms with Gasteiger partial charge in [0.2, 0.25) is 0 Å². The summed E-state index contributed by atoms with van der Waals surface area (Å²) in [4.78, 5) is 0. The van der Waals surface area contributed by atoms with Crippen LogP contribution >= 0.6 is 0 Å². The summed E-state index contributed by atoms with van der Waals surface area (Å²) in [6.45, 7) is 62.7. The molecule has 0 N–H and O–H groups in total. The van der Waals surface area contributed by atoms with Crippen LogP contribution in [0, 0.1) is 97.5 Å². The minimum atomic E-state index is 0.172. The highest BCUT2D eigenvalue weighted by Crippen LogP contribution is 3.23. The van der Waals surface area contributed by atoms with Crippen molar-refractivity contribution >= 4 is 0 Å². The Morgan fingerprint density at radius 2 is 0.200 bits per heavy atom. The molecule has 0 heteroatoms. The van der Waals surface area contributed by atoms with E-state index in [1.807, 2.05) is 0 Å². The van der Waals surface area contributed by atoms with Crippen molar-refractivity contribution in [2.24, 2.45) is 97.5 Å². The second kappa shape index (κ2) is 4.83. The van der Waals surface area contributed by atoms with Crippen LogP contribution in [0.15, 0.2) is 0 Å². The van der Waals surface area contributed by atoms with Gasteiger partial charge in [0.05, 0.1) is 0 Å². The van der Waals surface area contributed by atoms with E-state index in [4.69, 9.17) is 0 Å². The van der Waals surface area contributed by atoms with Gasteiger partial charge in [0, 0.05) is 0 Å². The average molecular weight is 547 g/mol. The van der Waals surface area contributed by atoms with Gasteiger partial charge in [0.1, 0.15) is 0 Å². The highest BCUT2D eigenvalue weighted by Gasteiger charge is 3.20. The summed E-state index contributed by atoms with van der Waals surface area (Å²) in [5.41, 5.74) is 3.84. The van der Waals surface area contributed by atoms with Gasteiger partial charge in [-0.05, 0) is 97.5 Å². The molecule has 7 fully saturated rings. The van der Waals surface area contributed by atoms with E-state index >= 15 is 0 Å². The molecule has 0 heterocycles. The van der Waals surface area contributed by atoms with E-state index in [0.29, 0.717) is 0 Å². The van der Waals surface area contributed by atoms with Crippen molar-refractivity contribution in [2.45, 2.75) is 152 Å². The maximum Gasteiger partial charge on any atom is -0.0131 e. The van der Waals surface area contributed by atoms with Crippen LogP contribution < -0.4 is 0 Å². The van der Waals surface area contributed by atoms with Gasteiger partial charge in [-0.25, -0.2) is 0 Å². The first-order chi connectivity index (χ1) is 17.2. The zero-order valence-electron chi connectivity index (χ0n) is 31.0. The van der Waals surface area contributed by atoms with Crippen LogP contribution in [-0.2, 0) is 0 Å². The molecule has 0 aliphatic heterocycles. The van der Waals surface area contributed by atoms with Gasteiger partial charge in [0.25, 0.3) is 0 Å². The Balaban J connectivity index is 1.78. The minimum Gasteiger partial charge on any atom is -0.0588 e. The summed E-state index contributed by atoms with van der Waals surface area (Å²) in [7, 11) is 0. The first-order valence-electron chi connectivity index (χ1n) is 17.2. The fraction of sp³-hybridized carbons (Fsp3) is 1.00. The van der Waals surface area contributed by atoms with Crippen molar-refractivity contribution in [1.29, 1.82) is 0 Å². The van der Waals surface area contributed by atoms with E-state index in [2.05, 4.69) is 152 Å². The molecular weight excluding hydrogens is 480 g/mol. The van der Waals surface area contributed by atoms with E-state index < -0.39 is 0 Å². The minimum absolute atomic E-state index is 0.172. The van der Waals surface area contributed by atoms with Crippen LogP contribution in [0.5, 0.6) is 0 Å². The Morgan fingerprint density at radius 1 is 0.125 bits per heavy atom. The number of rotatable bonds is 0. The van der Waals surface area contributed by atoms with Gasteiger partial charge in [-0.1, -0.05) is 152 Å². The molecule has 7 saturated carbocycles. The zero-order valence-corrected chi connectivity index (χ0v) is 31.0. The Labute approximate surface area is 249 Å². The predicted octanol–water partition coefficient (Wildman–Crippen LogP) is 11.3. The van der Waals surface area contributed by atoms with Crippen molar-refractivity contribution in [3.63, 3.8) is 0 Å². The maximum absolute atomic E-state index is 2.87. The Hall–Kier alpha value is 0. The van der Waals surface area contributed by atoms with E-state index in [1.165, 1.54) is 0 Å². The van der Waals surface area contributed by atoms with Gasteiger partial charge in [-0.3, -0.25) is 0 Å². The normalized spacial score (nSPS) is 78.5. The third-order valence-electron chi connectivity index (χ3n) is 27.0. The summed E-state index contributed by atoms with van der Waals surface area (Å²) in [5, 5.41) is 0. The Kier molecular flexibility index (Phi) is 3.32. The predicted molar refractivity (Wildman–Crippen MR) is 169 cm³/mol. The largest absolute Gasteiger partial charge is 0.0588 e. The standard InChI is InChI=1S/C40H66/c1-23(2)27(9)28(10)24(3,4)33(15)34(16)26(7,8)30(12)29(11,35(27,17)36(28,30)18)25(5,6)32(14)31(23,13)37(19)38(32,20)40(34,22)39(33,37)21/h1-22H3. The summed E-state index contributed by atoms with van der Waals surface area (Å²) in [5.74, 6) is 0. The van der Waals surface area contributed by atoms with E-state index in [1.54, 1.807) is 0 Å². The molecule has 0 aromatic carbocycles. The van der Waals surface area contributed by atoms with Gasteiger partial charge in [-0.15, -0.1) is 0 Å². The topological polar surface area (TPSA) is 0 Å². The van der Waals surface area contributed by atoms with Crippen LogP contribution in [0.1, 0.15) is 152 Å². The SMILES string of the molecule is CC1(C)C2(C)C3(C)C(C)(C)C4(C)C5(C)C(C)(C)C6(C)C(C)(C(C)(C)C7(C)C1(C)C1(C)C7(C)C5(C)C41C)C2(C)C36C. The van der Waals surface area contributed by atoms with Crippen molar-refractivity contribution in [3.8, 4) is 0 Å². The molecule has 0 aromatic heterocycles. The van der Waals surface area contributed by atoms with Crippen molar-refractivity contribution in [3.05, 3.63) is 0 Å². The lowest BCUT2D eigenvalue weighted by Crippen LogP contribution is -3.10. The summed E-state index contributed by atoms with van der Waals surface area (Å²) < 4.78 is 0. The van der Waals surface area contributed by atoms with Crippen LogP contribution in [0.2, 0.25) is 0 Å². The lowest BCUT2D eigenvalue weighted by molar-refractivity contribution is -0.669. The molecule has 7 rings (SSSR count). The van der Waals surface area contributed by atoms with E-state index in [0.717, 1.165) is 0 Å². The number of hydrogen-bond acceptors (Lipinski definition) is 0. The van der Waals surface area contributed by atoms with Crippen LogP contribution in [0.4, 0.5) is 0 Å². The molecule has 7 aliphatic rings. The van der Waals surface area contributed by atoms with Gasteiger partial charge in [-0.2, -0.15) is 0 Å². The molecule has 0 aromatic rings. The summed E-state index contributed by atoms with van der Waals surface area (Å²) in [6, 6.07) is 0. The number of hydrogen-bond donors (Lipinski definition) is 0. The second-order valence-electron chi connectivity index (χ2n) is 22.2. The molecule has 226 valence electrons. The third kappa shape index (κ3) is 1.03. The first kappa shape index (κ1) is 27.5. The first-order valence-corrected chi connectivity index (χ1v) is 17.2. The fourth-order valence-corrected chi connectivity index (χ4v) is 24.7. The Bertz CT molecular complexity index is 1220. The Morgan fingerprint density at radius 3 is 0.300 bits per heavy atom. The smallest absolute Gasteiger partial charge is 0.0131 e. The molecule has 0 saturated heterocycles. The fourth-order valence-electron chi connectivity index (χ4n) is 24.7. The van der Waals surface area contributed by atoms with Crippen LogP contribution in [0.3, 0.4) is 0 Å².